The first kappa shape index (κ1) is 24.4. The fourth-order valence-electron chi connectivity index (χ4n) is 3.44. The number of guanidine groups is 1. The standard InChI is InChI=1S/C21H37N5O3S/c1-17(2)29-13-14-30(27,28)26-11-9-25(10-12-26)21(22-4)23-16-19-8-7-18(3)15-20(19)24(5)6/h7-8,15,17H,9-14,16H2,1-6H3,(H,22,23). The molecule has 0 radical (unpaired) electrons. The maximum Gasteiger partial charge on any atom is 0.216 e. The van der Waals surface area contributed by atoms with Crippen LogP contribution in [0.4, 0.5) is 5.69 Å². The van der Waals surface area contributed by atoms with Gasteiger partial charge in [-0.3, -0.25) is 4.99 Å². The number of nitrogens with one attached hydrogen (secondary N) is 1. The Hall–Kier alpha value is -1.84. The fraction of sp³-hybridized carbons (Fsp3) is 0.667. The number of ether oxygens (including phenoxy) is 1. The van der Waals surface area contributed by atoms with Crippen molar-refractivity contribution < 1.29 is 13.2 Å². The van der Waals surface area contributed by atoms with Gasteiger partial charge in [0.1, 0.15) is 0 Å². The molecule has 0 atom stereocenters. The Morgan fingerprint density at radius 3 is 2.47 bits per heavy atom. The summed E-state index contributed by atoms with van der Waals surface area (Å²) in [4.78, 5) is 8.63. The van der Waals surface area contributed by atoms with Gasteiger partial charge in [-0.25, -0.2) is 8.42 Å². The van der Waals surface area contributed by atoms with Gasteiger partial charge in [0, 0.05) is 59.6 Å². The summed E-state index contributed by atoms with van der Waals surface area (Å²) in [5, 5.41) is 3.43. The number of piperazine rings is 1. The van der Waals surface area contributed by atoms with Gasteiger partial charge in [0.05, 0.1) is 18.5 Å². The number of benzene rings is 1. The molecule has 0 bridgehead atoms. The second kappa shape index (κ2) is 11.0. The highest BCUT2D eigenvalue weighted by Gasteiger charge is 2.28. The zero-order chi connectivity index (χ0) is 22.3. The largest absolute Gasteiger partial charge is 0.378 e. The summed E-state index contributed by atoms with van der Waals surface area (Å²) in [6, 6.07) is 6.42. The molecule has 170 valence electrons. The van der Waals surface area contributed by atoms with Gasteiger partial charge in [0.2, 0.25) is 10.0 Å². The first-order valence-electron chi connectivity index (χ1n) is 10.5. The normalized spacial score (nSPS) is 16.2. The Bertz CT molecular complexity index is 816. The van der Waals surface area contributed by atoms with E-state index >= 15 is 0 Å². The Kier molecular flexibility index (Phi) is 8.93. The molecule has 0 aromatic heterocycles. The van der Waals surface area contributed by atoms with E-state index in [1.807, 2.05) is 27.9 Å². The summed E-state index contributed by atoms with van der Waals surface area (Å²) in [6.07, 6.45) is 0.0352. The highest BCUT2D eigenvalue weighted by Crippen LogP contribution is 2.20. The Balaban J connectivity index is 1.92. The van der Waals surface area contributed by atoms with Crippen LogP contribution in [-0.4, -0.2) is 89.4 Å². The molecule has 30 heavy (non-hydrogen) atoms. The monoisotopic (exact) mass is 439 g/mol. The molecule has 1 aromatic rings. The van der Waals surface area contributed by atoms with E-state index in [2.05, 4.69) is 45.2 Å². The van der Waals surface area contributed by atoms with Crippen molar-refractivity contribution in [3.63, 3.8) is 0 Å². The Morgan fingerprint density at radius 1 is 1.23 bits per heavy atom. The molecular weight excluding hydrogens is 402 g/mol. The summed E-state index contributed by atoms with van der Waals surface area (Å²) in [7, 11) is 2.55. The molecule has 2 rings (SSSR count). The van der Waals surface area contributed by atoms with E-state index in [9.17, 15) is 8.42 Å². The molecule has 1 fully saturated rings. The number of anilines is 1. The predicted octanol–water partition coefficient (Wildman–Crippen LogP) is 1.51. The first-order valence-corrected chi connectivity index (χ1v) is 12.1. The Morgan fingerprint density at radius 2 is 1.90 bits per heavy atom. The van der Waals surface area contributed by atoms with Gasteiger partial charge in [-0.15, -0.1) is 0 Å². The van der Waals surface area contributed by atoms with Crippen molar-refractivity contribution >= 4 is 21.7 Å². The molecule has 0 aliphatic carbocycles. The van der Waals surface area contributed by atoms with Gasteiger partial charge in [-0.2, -0.15) is 4.31 Å². The van der Waals surface area contributed by atoms with Crippen molar-refractivity contribution in [1.29, 1.82) is 0 Å². The molecule has 0 amide bonds. The van der Waals surface area contributed by atoms with Crippen molar-refractivity contribution in [2.75, 3.05) is 64.6 Å². The van der Waals surface area contributed by atoms with Gasteiger partial charge in [-0.1, -0.05) is 12.1 Å². The molecule has 1 heterocycles. The van der Waals surface area contributed by atoms with E-state index in [4.69, 9.17) is 4.74 Å². The number of rotatable bonds is 8. The molecule has 0 spiro atoms. The maximum absolute atomic E-state index is 12.5. The number of hydrogen-bond donors (Lipinski definition) is 1. The average Bonchev–Trinajstić information content (AvgIpc) is 2.69. The first-order chi connectivity index (χ1) is 14.1. The van der Waals surface area contributed by atoms with Crippen molar-refractivity contribution in [3.05, 3.63) is 29.3 Å². The van der Waals surface area contributed by atoms with E-state index in [-0.39, 0.29) is 18.5 Å². The summed E-state index contributed by atoms with van der Waals surface area (Å²) in [6.45, 7) is 8.92. The van der Waals surface area contributed by atoms with Crippen LogP contribution in [0.25, 0.3) is 0 Å². The Labute approximate surface area is 181 Å². The highest BCUT2D eigenvalue weighted by molar-refractivity contribution is 7.89. The van der Waals surface area contributed by atoms with Crippen LogP contribution in [0.2, 0.25) is 0 Å². The van der Waals surface area contributed by atoms with Crippen LogP contribution in [0.15, 0.2) is 23.2 Å². The molecule has 1 N–H and O–H groups in total. The van der Waals surface area contributed by atoms with Gasteiger partial charge < -0.3 is 19.9 Å². The van der Waals surface area contributed by atoms with E-state index in [1.165, 1.54) is 16.8 Å². The van der Waals surface area contributed by atoms with Gasteiger partial charge >= 0.3 is 0 Å². The van der Waals surface area contributed by atoms with Crippen LogP contribution >= 0.6 is 0 Å². The molecule has 1 aromatic carbocycles. The maximum atomic E-state index is 12.5. The zero-order valence-corrected chi connectivity index (χ0v) is 20.0. The lowest BCUT2D eigenvalue weighted by molar-refractivity contribution is 0.0904. The van der Waals surface area contributed by atoms with E-state index in [0.29, 0.717) is 32.7 Å². The average molecular weight is 440 g/mol. The SMILES string of the molecule is CN=C(NCc1ccc(C)cc1N(C)C)N1CCN(S(=O)(=O)CCOC(C)C)CC1. The van der Waals surface area contributed by atoms with Crippen LogP contribution in [0.5, 0.6) is 0 Å². The van der Waals surface area contributed by atoms with Crippen LogP contribution in [0, 0.1) is 6.92 Å². The molecule has 1 aliphatic rings. The lowest BCUT2D eigenvalue weighted by atomic mass is 10.1. The predicted molar refractivity (Wildman–Crippen MR) is 124 cm³/mol. The molecule has 1 saturated heterocycles. The molecule has 9 heteroatoms. The number of aryl methyl sites for hydroxylation is 1. The summed E-state index contributed by atoms with van der Waals surface area (Å²) in [5.41, 5.74) is 3.60. The van der Waals surface area contributed by atoms with Gasteiger partial charge in [0.25, 0.3) is 0 Å². The second-order valence-electron chi connectivity index (χ2n) is 8.05. The molecule has 0 saturated carbocycles. The third-order valence-corrected chi connectivity index (χ3v) is 6.93. The fourth-order valence-corrected chi connectivity index (χ4v) is 4.73. The number of hydrogen-bond acceptors (Lipinski definition) is 5. The smallest absolute Gasteiger partial charge is 0.216 e. The second-order valence-corrected chi connectivity index (χ2v) is 10.1. The van der Waals surface area contributed by atoms with Crippen molar-refractivity contribution in [2.24, 2.45) is 4.99 Å². The van der Waals surface area contributed by atoms with Crippen LogP contribution in [0.1, 0.15) is 25.0 Å². The zero-order valence-electron chi connectivity index (χ0n) is 19.2. The van der Waals surface area contributed by atoms with E-state index < -0.39 is 10.0 Å². The minimum absolute atomic E-state index is 0.0267. The lowest BCUT2D eigenvalue weighted by Gasteiger charge is -2.36. The number of nitrogens with zero attached hydrogens (tertiary/aromatic N) is 4. The minimum atomic E-state index is -3.29. The highest BCUT2D eigenvalue weighted by atomic mass is 32.2. The molecule has 0 unspecified atom stereocenters. The number of sulfonamides is 1. The molecule has 1 aliphatic heterocycles. The molecular formula is C21H37N5O3S. The third-order valence-electron chi connectivity index (χ3n) is 5.10. The number of aliphatic imine (C=N–C) groups is 1. The van der Waals surface area contributed by atoms with E-state index in [1.54, 1.807) is 11.4 Å². The van der Waals surface area contributed by atoms with E-state index in [0.717, 1.165) is 5.96 Å². The summed E-state index contributed by atoms with van der Waals surface area (Å²) in [5.74, 6) is 0.819. The minimum Gasteiger partial charge on any atom is -0.378 e. The van der Waals surface area contributed by atoms with Crippen LogP contribution in [-0.2, 0) is 21.3 Å². The quantitative estimate of drug-likeness (QED) is 0.489. The van der Waals surface area contributed by atoms with Crippen LogP contribution in [0.3, 0.4) is 0 Å². The van der Waals surface area contributed by atoms with Gasteiger partial charge in [0.15, 0.2) is 5.96 Å². The lowest BCUT2D eigenvalue weighted by Crippen LogP contribution is -2.54. The molecule has 8 nitrogen and oxygen atoms in total. The van der Waals surface area contributed by atoms with Crippen molar-refractivity contribution in [2.45, 2.75) is 33.4 Å². The third kappa shape index (κ3) is 6.85. The van der Waals surface area contributed by atoms with Gasteiger partial charge in [-0.05, 0) is 38.0 Å². The summed E-state index contributed by atoms with van der Waals surface area (Å²) >= 11 is 0. The topological polar surface area (TPSA) is 77.5 Å². The van der Waals surface area contributed by atoms with Crippen LogP contribution < -0.4 is 10.2 Å². The van der Waals surface area contributed by atoms with Crippen molar-refractivity contribution in [3.8, 4) is 0 Å². The van der Waals surface area contributed by atoms with Crippen molar-refractivity contribution in [1.82, 2.24) is 14.5 Å². The summed E-state index contributed by atoms with van der Waals surface area (Å²) < 4.78 is 32.0.